The van der Waals surface area contributed by atoms with Crippen LogP contribution in [0, 0.1) is 19.7 Å². The minimum Gasteiger partial charge on any atom is -0.326 e. The van der Waals surface area contributed by atoms with Crippen molar-refractivity contribution < 1.29 is 4.39 Å². The van der Waals surface area contributed by atoms with Gasteiger partial charge in [-0.1, -0.05) is 12.1 Å². The molecule has 0 aliphatic rings. The monoisotopic (exact) mass is 245 g/mol. The summed E-state index contributed by atoms with van der Waals surface area (Å²) in [6.07, 6.45) is 0.604. The second kappa shape index (κ2) is 5.23. The second-order valence-electron chi connectivity index (χ2n) is 4.30. The van der Waals surface area contributed by atoms with Crippen LogP contribution in [-0.4, -0.2) is 9.97 Å². The summed E-state index contributed by atoms with van der Waals surface area (Å²) < 4.78 is 12.8. The number of nitrogens with two attached hydrogens (primary N) is 1. The van der Waals surface area contributed by atoms with Crippen LogP contribution in [0.2, 0.25) is 0 Å². The van der Waals surface area contributed by atoms with Gasteiger partial charge in [-0.05, 0) is 31.5 Å². The molecule has 0 saturated carbocycles. The Morgan fingerprint density at radius 2 is 1.61 bits per heavy atom. The molecule has 0 aliphatic heterocycles. The Bertz CT molecular complexity index is 526. The van der Waals surface area contributed by atoms with Gasteiger partial charge in [0, 0.05) is 29.9 Å². The molecule has 2 rings (SSSR count). The Morgan fingerprint density at radius 3 is 2.11 bits per heavy atom. The van der Waals surface area contributed by atoms with Crippen LogP contribution in [0.25, 0.3) is 0 Å². The highest BCUT2D eigenvalue weighted by molar-refractivity contribution is 5.26. The Labute approximate surface area is 106 Å². The quantitative estimate of drug-likeness (QED) is 0.902. The summed E-state index contributed by atoms with van der Waals surface area (Å²) in [7, 11) is 0. The number of nitrogens with zero attached hydrogens (tertiary/aromatic N) is 2. The van der Waals surface area contributed by atoms with Crippen molar-refractivity contribution >= 4 is 0 Å². The van der Waals surface area contributed by atoms with E-state index in [1.807, 2.05) is 13.8 Å². The lowest BCUT2D eigenvalue weighted by atomic mass is 10.1. The van der Waals surface area contributed by atoms with E-state index in [2.05, 4.69) is 9.97 Å². The summed E-state index contributed by atoms with van der Waals surface area (Å²) >= 11 is 0. The van der Waals surface area contributed by atoms with Crippen LogP contribution in [0.3, 0.4) is 0 Å². The van der Waals surface area contributed by atoms with Gasteiger partial charge in [0.1, 0.15) is 11.6 Å². The summed E-state index contributed by atoms with van der Waals surface area (Å²) in [5, 5.41) is 0. The van der Waals surface area contributed by atoms with E-state index in [1.165, 1.54) is 12.1 Å². The molecule has 1 heterocycles. The summed E-state index contributed by atoms with van der Waals surface area (Å²) in [5.41, 5.74) is 9.48. The van der Waals surface area contributed by atoms with Gasteiger partial charge in [0.05, 0.1) is 0 Å². The molecule has 0 atom stereocenters. The number of halogens is 1. The van der Waals surface area contributed by atoms with Crippen molar-refractivity contribution in [3.8, 4) is 0 Å². The number of hydrogen-bond acceptors (Lipinski definition) is 3. The first-order valence-corrected chi connectivity index (χ1v) is 5.87. The Hall–Kier alpha value is -1.81. The van der Waals surface area contributed by atoms with Crippen LogP contribution >= 0.6 is 0 Å². The molecule has 4 heteroatoms. The van der Waals surface area contributed by atoms with Crippen molar-refractivity contribution in [3.05, 3.63) is 58.4 Å². The lowest BCUT2D eigenvalue weighted by Gasteiger charge is -2.09. The maximum atomic E-state index is 12.8. The number of hydrogen-bond donors (Lipinski definition) is 1. The first-order valence-electron chi connectivity index (χ1n) is 5.87. The van der Waals surface area contributed by atoms with Gasteiger partial charge in [-0.2, -0.15) is 0 Å². The largest absolute Gasteiger partial charge is 0.326 e. The molecule has 0 aliphatic carbocycles. The number of aromatic nitrogens is 2. The van der Waals surface area contributed by atoms with Crippen molar-refractivity contribution in [2.45, 2.75) is 26.8 Å². The predicted molar refractivity (Wildman–Crippen MR) is 68.6 cm³/mol. The van der Waals surface area contributed by atoms with Crippen molar-refractivity contribution in [2.24, 2.45) is 5.73 Å². The Kier molecular flexibility index (Phi) is 3.67. The van der Waals surface area contributed by atoms with Gasteiger partial charge in [-0.25, -0.2) is 14.4 Å². The Balaban J connectivity index is 2.27. The molecular formula is C14H16FN3. The summed E-state index contributed by atoms with van der Waals surface area (Å²) in [6.45, 7) is 4.32. The normalized spacial score (nSPS) is 10.7. The Morgan fingerprint density at radius 1 is 1.06 bits per heavy atom. The molecule has 2 aromatic rings. The molecule has 0 unspecified atom stereocenters. The molecule has 3 nitrogen and oxygen atoms in total. The molecule has 0 spiro atoms. The van der Waals surface area contributed by atoms with Gasteiger partial charge >= 0.3 is 0 Å². The van der Waals surface area contributed by atoms with Crippen molar-refractivity contribution in [3.63, 3.8) is 0 Å². The second-order valence-corrected chi connectivity index (χ2v) is 4.30. The van der Waals surface area contributed by atoms with Gasteiger partial charge < -0.3 is 5.73 Å². The maximum Gasteiger partial charge on any atom is 0.133 e. The van der Waals surface area contributed by atoms with E-state index in [0.29, 0.717) is 13.0 Å². The highest BCUT2D eigenvalue weighted by Crippen LogP contribution is 2.12. The topological polar surface area (TPSA) is 51.8 Å². The molecule has 18 heavy (non-hydrogen) atoms. The third-order valence-corrected chi connectivity index (χ3v) is 2.95. The SMILES string of the molecule is Cc1nc(Cc2ccc(F)cc2)nc(C)c1CN. The third-order valence-electron chi connectivity index (χ3n) is 2.95. The number of benzene rings is 1. The highest BCUT2D eigenvalue weighted by Gasteiger charge is 2.07. The van der Waals surface area contributed by atoms with E-state index < -0.39 is 0 Å². The zero-order valence-corrected chi connectivity index (χ0v) is 10.6. The standard InChI is InChI=1S/C14H16FN3/c1-9-13(8-16)10(2)18-14(17-9)7-11-3-5-12(15)6-4-11/h3-6H,7-8,16H2,1-2H3. The first-order chi connectivity index (χ1) is 8.60. The zero-order chi connectivity index (χ0) is 13.1. The molecule has 1 aromatic carbocycles. The summed E-state index contributed by atoms with van der Waals surface area (Å²) in [6, 6.07) is 6.40. The lowest BCUT2D eigenvalue weighted by Crippen LogP contribution is -2.09. The first kappa shape index (κ1) is 12.6. The lowest BCUT2D eigenvalue weighted by molar-refractivity contribution is 0.627. The van der Waals surface area contributed by atoms with Gasteiger partial charge in [0.2, 0.25) is 0 Å². The highest BCUT2D eigenvalue weighted by atomic mass is 19.1. The molecule has 1 aromatic heterocycles. The van der Waals surface area contributed by atoms with Crippen LogP contribution in [0.5, 0.6) is 0 Å². The molecule has 0 fully saturated rings. The average Bonchev–Trinajstić information content (AvgIpc) is 2.32. The molecule has 2 N–H and O–H groups in total. The van der Waals surface area contributed by atoms with E-state index in [1.54, 1.807) is 12.1 Å². The van der Waals surface area contributed by atoms with Crippen LogP contribution in [0.15, 0.2) is 24.3 Å². The van der Waals surface area contributed by atoms with E-state index in [9.17, 15) is 4.39 Å². The number of rotatable bonds is 3. The minimum atomic E-state index is -0.231. The predicted octanol–water partition coefficient (Wildman–Crippen LogP) is 2.28. The van der Waals surface area contributed by atoms with Crippen molar-refractivity contribution in [1.82, 2.24) is 9.97 Å². The van der Waals surface area contributed by atoms with Gasteiger partial charge in [0.15, 0.2) is 0 Å². The maximum absolute atomic E-state index is 12.8. The van der Waals surface area contributed by atoms with E-state index >= 15 is 0 Å². The van der Waals surface area contributed by atoms with Crippen LogP contribution < -0.4 is 5.73 Å². The van der Waals surface area contributed by atoms with Crippen LogP contribution in [0.1, 0.15) is 28.3 Å². The number of aryl methyl sites for hydroxylation is 2. The fourth-order valence-electron chi connectivity index (χ4n) is 1.97. The van der Waals surface area contributed by atoms with Gasteiger partial charge in [0.25, 0.3) is 0 Å². The summed E-state index contributed by atoms with van der Waals surface area (Å²) in [4.78, 5) is 8.88. The summed E-state index contributed by atoms with van der Waals surface area (Å²) in [5.74, 6) is 0.513. The fraction of sp³-hybridized carbons (Fsp3) is 0.286. The average molecular weight is 245 g/mol. The van der Waals surface area contributed by atoms with E-state index in [0.717, 1.165) is 28.3 Å². The molecule has 94 valence electrons. The van der Waals surface area contributed by atoms with Crippen LogP contribution in [0.4, 0.5) is 4.39 Å². The zero-order valence-electron chi connectivity index (χ0n) is 10.6. The smallest absolute Gasteiger partial charge is 0.133 e. The molecular weight excluding hydrogens is 229 g/mol. The third kappa shape index (κ3) is 2.71. The fourth-order valence-corrected chi connectivity index (χ4v) is 1.97. The van der Waals surface area contributed by atoms with Crippen LogP contribution in [-0.2, 0) is 13.0 Å². The van der Waals surface area contributed by atoms with Gasteiger partial charge in [-0.15, -0.1) is 0 Å². The molecule has 0 bridgehead atoms. The molecule has 0 radical (unpaired) electrons. The van der Waals surface area contributed by atoms with E-state index in [4.69, 9.17) is 5.73 Å². The molecule has 0 amide bonds. The minimum absolute atomic E-state index is 0.231. The van der Waals surface area contributed by atoms with Crippen molar-refractivity contribution in [2.75, 3.05) is 0 Å². The van der Waals surface area contributed by atoms with E-state index in [-0.39, 0.29) is 5.82 Å². The van der Waals surface area contributed by atoms with Gasteiger partial charge in [-0.3, -0.25) is 0 Å². The van der Waals surface area contributed by atoms with Crippen molar-refractivity contribution in [1.29, 1.82) is 0 Å². The molecule has 0 saturated heterocycles.